The maximum atomic E-state index is 9.03. The van der Waals surface area contributed by atoms with Crippen LogP contribution in [-0.4, -0.2) is 4.98 Å². The summed E-state index contributed by atoms with van der Waals surface area (Å²) < 4.78 is 0. The summed E-state index contributed by atoms with van der Waals surface area (Å²) in [4.78, 5) is 4.17. The number of aromatic nitrogens is 1. The Kier molecular flexibility index (Phi) is 3.27. The van der Waals surface area contributed by atoms with Gasteiger partial charge >= 0.3 is 0 Å². The zero-order valence-electron chi connectivity index (χ0n) is 9.24. The molecule has 0 bridgehead atoms. The molecule has 0 aliphatic heterocycles. The lowest BCUT2D eigenvalue weighted by Gasteiger charge is -2.08. The van der Waals surface area contributed by atoms with E-state index in [-0.39, 0.29) is 0 Å². The lowest BCUT2D eigenvalue weighted by Crippen LogP contribution is -1.95. The number of nitriles is 1. The molecule has 84 valence electrons. The van der Waals surface area contributed by atoms with E-state index in [1.54, 1.807) is 18.3 Å². The van der Waals surface area contributed by atoms with Gasteiger partial charge in [0.2, 0.25) is 0 Å². The van der Waals surface area contributed by atoms with Crippen LogP contribution in [0.5, 0.6) is 0 Å². The Morgan fingerprint density at radius 2 is 2.12 bits per heavy atom. The third-order valence-electron chi connectivity index (χ3n) is 2.32. The third kappa shape index (κ3) is 2.55. The van der Waals surface area contributed by atoms with Gasteiger partial charge in [-0.15, -0.1) is 0 Å². The highest BCUT2D eigenvalue weighted by atomic mass is 35.5. The molecule has 0 fully saturated rings. The van der Waals surface area contributed by atoms with Crippen molar-refractivity contribution in [1.29, 1.82) is 5.26 Å². The number of benzene rings is 1. The van der Waals surface area contributed by atoms with Crippen LogP contribution < -0.4 is 5.32 Å². The summed E-state index contributed by atoms with van der Waals surface area (Å²) >= 11 is 5.94. The van der Waals surface area contributed by atoms with Crippen molar-refractivity contribution in [3.63, 3.8) is 0 Å². The Bertz CT molecular complexity index is 570. The summed E-state index contributed by atoms with van der Waals surface area (Å²) in [7, 11) is 0. The molecule has 1 N–H and O–H groups in total. The van der Waals surface area contributed by atoms with E-state index in [9.17, 15) is 0 Å². The average molecular weight is 244 g/mol. The lowest BCUT2D eigenvalue weighted by molar-refractivity contribution is 1.20. The van der Waals surface area contributed by atoms with E-state index >= 15 is 0 Å². The largest absolute Gasteiger partial charge is 0.353 e. The summed E-state index contributed by atoms with van der Waals surface area (Å²) in [5.74, 6) is 0. The molecule has 0 atom stereocenters. The normalized spacial score (nSPS) is 9.71. The van der Waals surface area contributed by atoms with Gasteiger partial charge in [0.05, 0.1) is 28.2 Å². The minimum atomic E-state index is 0.440. The van der Waals surface area contributed by atoms with Crippen molar-refractivity contribution in [3.05, 3.63) is 52.8 Å². The van der Waals surface area contributed by atoms with Gasteiger partial charge in [0.1, 0.15) is 6.07 Å². The Morgan fingerprint density at radius 3 is 2.76 bits per heavy atom. The summed E-state index contributed by atoms with van der Waals surface area (Å²) in [6, 6.07) is 11.2. The second-order valence-corrected chi connectivity index (χ2v) is 3.99. The minimum Gasteiger partial charge on any atom is -0.353 e. The summed E-state index contributed by atoms with van der Waals surface area (Å²) in [5, 5.41) is 12.6. The molecule has 3 nitrogen and oxygen atoms in total. The van der Waals surface area contributed by atoms with E-state index < -0.39 is 0 Å². The third-order valence-corrected chi connectivity index (χ3v) is 2.63. The van der Waals surface area contributed by atoms with Crippen LogP contribution in [0.15, 0.2) is 36.5 Å². The Morgan fingerprint density at radius 1 is 1.29 bits per heavy atom. The fraction of sp³-hybridized carbons (Fsp3) is 0.0769. The first kappa shape index (κ1) is 11.4. The number of rotatable bonds is 2. The molecular weight excluding hydrogens is 234 g/mol. The molecule has 0 unspecified atom stereocenters. The maximum Gasteiger partial charge on any atom is 0.103 e. The van der Waals surface area contributed by atoms with Crippen LogP contribution in [0.1, 0.15) is 11.3 Å². The van der Waals surface area contributed by atoms with Gasteiger partial charge in [-0.05, 0) is 31.2 Å². The van der Waals surface area contributed by atoms with E-state index in [1.807, 2.05) is 25.1 Å². The van der Waals surface area contributed by atoms with Crippen molar-refractivity contribution in [3.8, 4) is 6.07 Å². The monoisotopic (exact) mass is 243 g/mol. The standard InChI is InChI=1S/C13H10ClN3/c1-9-5-6-10(8-16-9)17-13-4-2-3-12(14)11(13)7-15/h2-6,8,17H,1H3. The molecular formula is C13H10ClN3. The van der Waals surface area contributed by atoms with E-state index in [1.165, 1.54) is 0 Å². The molecule has 0 amide bonds. The van der Waals surface area contributed by atoms with Gasteiger partial charge in [-0.2, -0.15) is 5.26 Å². The van der Waals surface area contributed by atoms with Gasteiger partial charge in [-0.25, -0.2) is 0 Å². The van der Waals surface area contributed by atoms with E-state index in [0.717, 1.165) is 11.4 Å². The van der Waals surface area contributed by atoms with Crippen LogP contribution in [0.3, 0.4) is 0 Å². The molecule has 0 radical (unpaired) electrons. The minimum absolute atomic E-state index is 0.440. The van der Waals surface area contributed by atoms with Gasteiger partial charge in [0.15, 0.2) is 0 Å². The summed E-state index contributed by atoms with van der Waals surface area (Å²) in [6.07, 6.45) is 1.72. The van der Waals surface area contributed by atoms with E-state index in [4.69, 9.17) is 16.9 Å². The average Bonchev–Trinajstić information content (AvgIpc) is 2.32. The molecule has 4 heteroatoms. The van der Waals surface area contributed by atoms with Crippen LogP contribution in [0.4, 0.5) is 11.4 Å². The first-order chi connectivity index (χ1) is 8.20. The molecule has 1 heterocycles. The topological polar surface area (TPSA) is 48.7 Å². The second-order valence-electron chi connectivity index (χ2n) is 3.59. The number of anilines is 2. The molecule has 1 aromatic heterocycles. The molecule has 2 aromatic rings. The molecule has 0 aliphatic rings. The van der Waals surface area contributed by atoms with E-state index in [2.05, 4.69) is 16.4 Å². The predicted molar refractivity (Wildman–Crippen MR) is 68.4 cm³/mol. The number of nitrogens with one attached hydrogen (secondary N) is 1. The van der Waals surface area contributed by atoms with Gasteiger partial charge in [-0.3, -0.25) is 4.98 Å². The highest BCUT2D eigenvalue weighted by Crippen LogP contribution is 2.25. The Labute approximate surface area is 105 Å². The lowest BCUT2D eigenvalue weighted by atomic mass is 10.2. The number of aryl methyl sites for hydroxylation is 1. The summed E-state index contributed by atoms with van der Waals surface area (Å²) in [5.41, 5.74) is 2.90. The van der Waals surface area contributed by atoms with Gasteiger partial charge < -0.3 is 5.32 Å². The van der Waals surface area contributed by atoms with Crippen molar-refractivity contribution >= 4 is 23.0 Å². The van der Waals surface area contributed by atoms with E-state index in [0.29, 0.717) is 16.3 Å². The van der Waals surface area contributed by atoms with Crippen LogP contribution >= 0.6 is 11.6 Å². The zero-order valence-corrected chi connectivity index (χ0v) is 9.99. The summed E-state index contributed by atoms with van der Waals surface area (Å²) in [6.45, 7) is 1.92. The molecule has 1 aromatic carbocycles. The quantitative estimate of drug-likeness (QED) is 0.876. The molecule has 2 rings (SSSR count). The van der Waals surface area contributed by atoms with Crippen LogP contribution in [0.25, 0.3) is 0 Å². The fourth-order valence-corrected chi connectivity index (χ4v) is 1.66. The zero-order chi connectivity index (χ0) is 12.3. The number of nitrogens with zero attached hydrogens (tertiary/aromatic N) is 2. The van der Waals surface area contributed by atoms with Crippen LogP contribution in [0.2, 0.25) is 5.02 Å². The van der Waals surface area contributed by atoms with Crippen LogP contribution in [0, 0.1) is 18.3 Å². The van der Waals surface area contributed by atoms with Crippen molar-refractivity contribution in [2.45, 2.75) is 6.92 Å². The van der Waals surface area contributed by atoms with Crippen molar-refractivity contribution in [2.75, 3.05) is 5.32 Å². The molecule has 0 saturated heterocycles. The van der Waals surface area contributed by atoms with Crippen molar-refractivity contribution in [1.82, 2.24) is 4.98 Å². The SMILES string of the molecule is Cc1ccc(Nc2cccc(Cl)c2C#N)cn1. The number of hydrogen-bond acceptors (Lipinski definition) is 3. The number of halogens is 1. The highest BCUT2D eigenvalue weighted by molar-refractivity contribution is 6.32. The smallest absolute Gasteiger partial charge is 0.103 e. The van der Waals surface area contributed by atoms with Crippen molar-refractivity contribution < 1.29 is 0 Å². The Balaban J connectivity index is 2.34. The first-order valence-electron chi connectivity index (χ1n) is 5.09. The number of hydrogen-bond donors (Lipinski definition) is 1. The van der Waals surface area contributed by atoms with Crippen LogP contribution in [-0.2, 0) is 0 Å². The first-order valence-corrected chi connectivity index (χ1v) is 5.47. The predicted octanol–water partition coefficient (Wildman–Crippen LogP) is 3.66. The highest BCUT2D eigenvalue weighted by Gasteiger charge is 2.06. The molecule has 0 saturated carbocycles. The fourth-order valence-electron chi connectivity index (χ4n) is 1.44. The second kappa shape index (κ2) is 4.86. The van der Waals surface area contributed by atoms with Gasteiger partial charge in [0, 0.05) is 5.69 Å². The van der Waals surface area contributed by atoms with Gasteiger partial charge in [0.25, 0.3) is 0 Å². The molecule has 17 heavy (non-hydrogen) atoms. The van der Waals surface area contributed by atoms with Crippen molar-refractivity contribution in [2.24, 2.45) is 0 Å². The van der Waals surface area contributed by atoms with Gasteiger partial charge in [-0.1, -0.05) is 17.7 Å². The molecule has 0 aliphatic carbocycles. The molecule has 0 spiro atoms. The Hall–Kier alpha value is -2.05. The number of pyridine rings is 1. The maximum absolute atomic E-state index is 9.03.